The van der Waals surface area contributed by atoms with Crippen molar-refractivity contribution in [3.8, 4) is 0 Å². The van der Waals surface area contributed by atoms with Gasteiger partial charge in [-0.2, -0.15) is 0 Å². The standard InChI is InChI=1S/C14H20N2O2S/c1-10(15)8-9-19(18)13-7-6-11-4-2-3-5-12(11)16-14(13)17/h2-5,10,13H,6-9,15H2,1H3,(H,16,17). The molecule has 1 aliphatic heterocycles. The molecular weight excluding hydrogens is 260 g/mol. The van der Waals surface area contributed by atoms with Crippen LogP contribution < -0.4 is 11.1 Å². The SMILES string of the molecule is CC(N)CCS(=O)C1CCc2ccccc2NC1=O. The van der Waals surface area contributed by atoms with Gasteiger partial charge in [-0.25, -0.2) is 0 Å². The fourth-order valence-electron chi connectivity index (χ4n) is 2.19. The summed E-state index contributed by atoms with van der Waals surface area (Å²) in [6.07, 6.45) is 2.10. The molecule has 2 rings (SSSR count). The van der Waals surface area contributed by atoms with E-state index in [9.17, 15) is 9.00 Å². The summed E-state index contributed by atoms with van der Waals surface area (Å²) in [6.45, 7) is 1.89. The lowest BCUT2D eigenvalue weighted by atomic mass is 10.1. The Morgan fingerprint density at radius 2 is 2.21 bits per heavy atom. The Kier molecular flexibility index (Phi) is 4.71. The number of para-hydroxylation sites is 1. The zero-order chi connectivity index (χ0) is 13.8. The third-order valence-electron chi connectivity index (χ3n) is 3.34. The summed E-state index contributed by atoms with van der Waals surface area (Å²) in [6, 6.07) is 7.77. The molecule has 1 amide bonds. The van der Waals surface area contributed by atoms with Crippen LogP contribution in [0.1, 0.15) is 25.3 Å². The van der Waals surface area contributed by atoms with E-state index in [1.165, 1.54) is 0 Å². The molecule has 3 unspecified atom stereocenters. The highest BCUT2D eigenvalue weighted by Crippen LogP contribution is 2.23. The predicted molar refractivity (Wildman–Crippen MR) is 78.5 cm³/mol. The zero-order valence-corrected chi connectivity index (χ0v) is 11.9. The van der Waals surface area contributed by atoms with Gasteiger partial charge in [-0.15, -0.1) is 0 Å². The molecule has 5 heteroatoms. The zero-order valence-electron chi connectivity index (χ0n) is 11.1. The lowest BCUT2D eigenvalue weighted by Crippen LogP contribution is -2.33. The first-order valence-electron chi connectivity index (χ1n) is 6.59. The summed E-state index contributed by atoms with van der Waals surface area (Å²) in [7, 11) is -1.15. The Bertz CT molecular complexity index is 488. The second kappa shape index (κ2) is 6.30. The first-order chi connectivity index (χ1) is 9.08. The number of fused-ring (bicyclic) bond motifs is 1. The number of hydrogen-bond acceptors (Lipinski definition) is 3. The molecule has 104 valence electrons. The summed E-state index contributed by atoms with van der Waals surface area (Å²) >= 11 is 0. The number of nitrogens with two attached hydrogens (primary N) is 1. The minimum atomic E-state index is -1.15. The molecule has 0 bridgehead atoms. The van der Waals surface area contributed by atoms with Gasteiger partial charge in [-0.3, -0.25) is 9.00 Å². The van der Waals surface area contributed by atoms with E-state index < -0.39 is 16.0 Å². The smallest absolute Gasteiger partial charge is 0.240 e. The van der Waals surface area contributed by atoms with E-state index in [1.807, 2.05) is 31.2 Å². The molecule has 4 nitrogen and oxygen atoms in total. The highest BCUT2D eigenvalue weighted by molar-refractivity contribution is 7.86. The first-order valence-corrected chi connectivity index (χ1v) is 7.97. The number of benzene rings is 1. The largest absolute Gasteiger partial charge is 0.328 e. The van der Waals surface area contributed by atoms with Crippen LogP contribution in [0.2, 0.25) is 0 Å². The Labute approximate surface area is 116 Å². The van der Waals surface area contributed by atoms with Gasteiger partial charge in [0.2, 0.25) is 5.91 Å². The molecule has 3 N–H and O–H groups in total. The van der Waals surface area contributed by atoms with Gasteiger partial charge in [0.25, 0.3) is 0 Å². The van der Waals surface area contributed by atoms with Crippen LogP contribution in [0.25, 0.3) is 0 Å². The number of aryl methyl sites for hydroxylation is 1. The van der Waals surface area contributed by atoms with Gasteiger partial charge in [0.05, 0.1) is 0 Å². The summed E-state index contributed by atoms with van der Waals surface area (Å²) in [5.41, 5.74) is 7.63. The highest BCUT2D eigenvalue weighted by atomic mass is 32.2. The Hall–Kier alpha value is -1.20. The topological polar surface area (TPSA) is 72.2 Å². The molecule has 0 aromatic heterocycles. The fraction of sp³-hybridized carbons (Fsp3) is 0.500. The van der Waals surface area contributed by atoms with Crippen molar-refractivity contribution in [1.82, 2.24) is 0 Å². The number of hydrogen-bond donors (Lipinski definition) is 2. The molecule has 0 radical (unpaired) electrons. The molecule has 0 spiro atoms. The van der Waals surface area contributed by atoms with Crippen LogP contribution in [0.3, 0.4) is 0 Å². The van der Waals surface area contributed by atoms with Crippen molar-refractivity contribution in [3.05, 3.63) is 29.8 Å². The third kappa shape index (κ3) is 3.64. The average Bonchev–Trinajstić information content (AvgIpc) is 2.54. The van der Waals surface area contributed by atoms with Crippen LogP contribution in [0.4, 0.5) is 5.69 Å². The molecule has 0 saturated heterocycles. The number of anilines is 1. The minimum absolute atomic E-state index is 0.0231. The molecule has 0 fully saturated rings. The number of rotatable bonds is 4. The molecule has 1 aromatic rings. The Balaban J connectivity index is 2.06. The average molecular weight is 280 g/mol. The maximum Gasteiger partial charge on any atom is 0.240 e. The number of nitrogens with one attached hydrogen (secondary N) is 1. The van der Waals surface area contributed by atoms with Crippen LogP contribution in [-0.4, -0.2) is 27.2 Å². The second-order valence-corrected chi connectivity index (χ2v) is 6.76. The van der Waals surface area contributed by atoms with Crippen molar-refractivity contribution < 1.29 is 9.00 Å². The molecule has 1 aliphatic rings. The van der Waals surface area contributed by atoms with Crippen LogP contribution >= 0.6 is 0 Å². The van der Waals surface area contributed by atoms with Crippen molar-refractivity contribution >= 4 is 22.4 Å². The van der Waals surface area contributed by atoms with Crippen molar-refractivity contribution in [2.75, 3.05) is 11.1 Å². The van der Waals surface area contributed by atoms with Crippen molar-refractivity contribution in [2.24, 2.45) is 5.73 Å². The van der Waals surface area contributed by atoms with Gasteiger partial charge in [0.1, 0.15) is 5.25 Å². The molecule has 19 heavy (non-hydrogen) atoms. The van der Waals surface area contributed by atoms with Gasteiger partial charge >= 0.3 is 0 Å². The number of carbonyl (C=O) groups is 1. The first kappa shape index (κ1) is 14.2. The van der Waals surface area contributed by atoms with Crippen molar-refractivity contribution in [2.45, 2.75) is 37.5 Å². The third-order valence-corrected chi connectivity index (χ3v) is 5.06. The highest BCUT2D eigenvalue weighted by Gasteiger charge is 2.28. The lowest BCUT2D eigenvalue weighted by Gasteiger charge is -2.13. The van der Waals surface area contributed by atoms with E-state index in [2.05, 4.69) is 5.32 Å². The van der Waals surface area contributed by atoms with Gasteiger partial charge in [0, 0.05) is 28.3 Å². The van der Waals surface area contributed by atoms with Crippen LogP contribution in [0.5, 0.6) is 0 Å². The van der Waals surface area contributed by atoms with Crippen molar-refractivity contribution in [1.29, 1.82) is 0 Å². The maximum atomic E-state index is 12.2. The van der Waals surface area contributed by atoms with Crippen molar-refractivity contribution in [3.63, 3.8) is 0 Å². The molecule has 3 atom stereocenters. The summed E-state index contributed by atoms with van der Waals surface area (Å²) < 4.78 is 12.2. The summed E-state index contributed by atoms with van der Waals surface area (Å²) in [5.74, 6) is 0.361. The van der Waals surface area contributed by atoms with Gasteiger partial charge in [-0.1, -0.05) is 18.2 Å². The Morgan fingerprint density at radius 3 is 2.95 bits per heavy atom. The van der Waals surface area contributed by atoms with Crippen LogP contribution in [0, 0.1) is 0 Å². The number of carbonyl (C=O) groups excluding carboxylic acids is 1. The van der Waals surface area contributed by atoms with E-state index in [4.69, 9.17) is 5.73 Å². The summed E-state index contributed by atoms with van der Waals surface area (Å²) in [5, 5.41) is 2.45. The minimum Gasteiger partial charge on any atom is -0.328 e. The Morgan fingerprint density at radius 1 is 1.47 bits per heavy atom. The number of amides is 1. The fourth-order valence-corrected chi connectivity index (χ4v) is 3.75. The monoisotopic (exact) mass is 280 g/mol. The van der Waals surface area contributed by atoms with Crippen LogP contribution in [0.15, 0.2) is 24.3 Å². The molecule has 0 saturated carbocycles. The molecule has 1 heterocycles. The van der Waals surface area contributed by atoms with E-state index in [1.54, 1.807) is 0 Å². The lowest BCUT2D eigenvalue weighted by molar-refractivity contribution is -0.115. The van der Waals surface area contributed by atoms with E-state index in [0.29, 0.717) is 18.6 Å². The van der Waals surface area contributed by atoms with E-state index in [0.717, 1.165) is 17.7 Å². The molecule has 0 aliphatic carbocycles. The normalized spacial score (nSPS) is 22.0. The summed E-state index contributed by atoms with van der Waals surface area (Å²) in [4.78, 5) is 12.1. The molecule has 1 aromatic carbocycles. The van der Waals surface area contributed by atoms with Gasteiger partial charge < -0.3 is 11.1 Å². The quantitative estimate of drug-likeness (QED) is 0.876. The van der Waals surface area contributed by atoms with E-state index >= 15 is 0 Å². The maximum absolute atomic E-state index is 12.2. The van der Waals surface area contributed by atoms with Gasteiger partial charge in [-0.05, 0) is 37.8 Å². The molecular formula is C14H20N2O2S. The second-order valence-electron chi connectivity index (χ2n) is 5.02. The van der Waals surface area contributed by atoms with Crippen LogP contribution in [-0.2, 0) is 22.0 Å². The predicted octanol–water partition coefficient (Wildman–Crippen LogP) is 1.43. The van der Waals surface area contributed by atoms with E-state index in [-0.39, 0.29) is 11.9 Å². The van der Waals surface area contributed by atoms with Gasteiger partial charge in [0.15, 0.2) is 0 Å².